The molecule has 0 aromatic carbocycles. The molecule has 0 spiro atoms. The maximum Gasteiger partial charge on any atom is 0.0776 e. The van der Waals surface area contributed by atoms with Crippen molar-refractivity contribution in [2.24, 2.45) is 29.1 Å². The lowest BCUT2D eigenvalue weighted by Gasteiger charge is -2.43. The first kappa shape index (κ1) is 23.8. The van der Waals surface area contributed by atoms with Crippen LogP contribution in [0.2, 0.25) is 0 Å². The van der Waals surface area contributed by atoms with Gasteiger partial charge in [-0.1, -0.05) is 57.9 Å². The van der Waals surface area contributed by atoms with Gasteiger partial charge in [-0.3, -0.25) is 0 Å². The second-order valence-corrected chi connectivity index (χ2v) is 11.4. The SMILES string of the molecule is CC1[C@H](O)C=C(/C=C\C2=CCC[C@]3(C)[C@@H]([C@H](C)CCCC(C)(C)O)CC[C@@H]23)C[C@H]1O. The van der Waals surface area contributed by atoms with E-state index in [2.05, 4.69) is 32.1 Å². The average Bonchev–Trinajstić information content (AvgIpc) is 3.00. The first-order chi connectivity index (χ1) is 14.0. The number of aliphatic hydroxyl groups excluding tert-OH is 2. The van der Waals surface area contributed by atoms with Gasteiger partial charge in [0.2, 0.25) is 0 Å². The van der Waals surface area contributed by atoms with Crippen molar-refractivity contribution in [3.63, 3.8) is 0 Å². The second kappa shape index (κ2) is 9.30. The van der Waals surface area contributed by atoms with Crippen LogP contribution in [0.4, 0.5) is 0 Å². The quantitative estimate of drug-likeness (QED) is 0.509. The molecule has 3 aliphatic carbocycles. The van der Waals surface area contributed by atoms with Gasteiger partial charge in [-0.15, -0.1) is 0 Å². The highest BCUT2D eigenvalue weighted by Crippen LogP contribution is 2.58. The lowest BCUT2D eigenvalue weighted by atomic mass is 9.62. The third kappa shape index (κ3) is 5.29. The van der Waals surface area contributed by atoms with Gasteiger partial charge in [-0.2, -0.15) is 0 Å². The molecule has 3 rings (SSSR count). The third-order valence-electron chi connectivity index (χ3n) is 8.47. The number of rotatable bonds is 7. The van der Waals surface area contributed by atoms with Crippen molar-refractivity contribution in [2.45, 2.75) is 104 Å². The van der Waals surface area contributed by atoms with Crippen LogP contribution in [-0.2, 0) is 0 Å². The summed E-state index contributed by atoms with van der Waals surface area (Å²) in [6.07, 6.45) is 16.5. The molecule has 3 nitrogen and oxygen atoms in total. The Morgan fingerprint density at radius 1 is 1.23 bits per heavy atom. The van der Waals surface area contributed by atoms with Crippen LogP contribution in [0.3, 0.4) is 0 Å². The highest BCUT2D eigenvalue weighted by Gasteiger charge is 2.49. The van der Waals surface area contributed by atoms with Gasteiger partial charge < -0.3 is 15.3 Å². The summed E-state index contributed by atoms with van der Waals surface area (Å²) in [6, 6.07) is 0. The van der Waals surface area contributed by atoms with E-state index in [0.717, 1.165) is 30.8 Å². The summed E-state index contributed by atoms with van der Waals surface area (Å²) in [5.41, 5.74) is 2.31. The predicted molar refractivity (Wildman–Crippen MR) is 124 cm³/mol. The maximum atomic E-state index is 10.2. The molecule has 1 unspecified atom stereocenters. The normalized spacial score (nSPS) is 38.3. The van der Waals surface area contributed by atoms with Crippen molar-refractivity contribution in [3.8, 4) is 0 Å². The van der Waals surface area contributed by atoms with Crippen molar-refractivity contribution in [3.05, 3.63) is 35.5 Å². The Morgan fingerprint density at radius 2 is 1.97 bits per heavy atom. The molecule has 3 heteroatoms. The molecule has 1 fully saturated rings. The summed E-state index contributed by atoms with van der Waals surface area (Å²) < 4.78 is 0. The molecule has 7 atom stereocenters. The zero-order valence-electron chi connectivity index (χ0n) is 19.8. The highest BCUT2D eigenvalue weighted by molar-refractivity contribution is 5.35. The van der Waals surface area contributed by atoms with Crippen LogP contribution in [-0.4, -0.2) is 33.1 Å². The van der Waals surface area contributed by atoms with Gasteiger partial charge in [0.05, 0.1) is 17.8 Å². The number of aliphatic hydroxyl groups is 3. The van der Waals surface area contributed by atoms with E-state index in [9.17, 15) is 15.3 Å². The van der Waals surface area contributed by atoms with E-state index < -0.39 is 17.8 Å². The molecule has 0 aromatic heterocycles. The van der Waals surface area contributed by atoms with E-state index >= 15 is 0 Å². The van der Waals surface area contributed by atoms with Crippen molar-refractivity contribution in [1.29, 1.82) is 0 Å². The fourth-order valence-electron chi connectivity index (χ4n) is 6.46. The van der Waals surface area contributed by atoms with Crippen molar-refractivity contribution >= 4 is 0 Å². The first-order valence-electron chi connectivity index (χ1n) is 12.2. The van der Waals surface area contributed by atoms with E-state index in [4.69, 9.17) is 0 Å². The fourth-order valence-corrected chi connectivity index (χ4v) is 6.46. The topological polar surface area (TPSA) is 60.7 Å². The second-order valence-electron chi connectivity index (χ2n) is 11.4. The van der Waals surface area contributed by atoms with Gasteiger partial charge in [0, 0.05) is 5.92 Å². The van der Waals surface area contributed by atoms with E-state index in [1.54, 1.807) is 0 Å². The maximum absolute atomic E-state index is 10.2. The summed E-state index contributed by atoms with van der Waals surface area (Å²) >= 11 is 0. The standard InChI is InChI=1S/C27H44O3/c1-18(8-6-14-26(3,4)30)22-12-13-23-21(9-7-15-27(22,23)5)11-10-20-16-24(28)19(2)25(29)17-20/h9-11,16,18-19,22-25,28-30H,6-8,12-15,17H2,1-5H3/b11-10-/t18-,19?,22-,23+,24-,25-,27-/m1/s1. The minimum atomic E-state index is -0.556. The van der Waals surface area contributed by atoms with Gasteiger partial charge in [-0.05, 0) is 86.7 Å². The molecular formula is C27H44O3. The average molecular weight is 417 g/mol. The van der Waals surface area contributed by atoms with E-state index in [0.29, 0.717) is 23.7 Å². The Labute approximate surface area is 184 Å². The zero-order chi connectivity index (χ0) is 22.1. The predicted octanol–water partition coefficient (Wildman–Crippen LogP) is 5.56. The molecule has 1 saturated carbocycles. The summed E-state index contributed by atoms with van der Waals surface area (Å²) in [4.78, 5) is 0. The smallest absolute Gasteiger partial charge is 0.0776 e. The van der Waals surface area contributed by atoms with Gasteiger partial charge in [0.1, 0.15) is 0 Å². The van der Waals surface area contributed by atoms with Crippen LogP contribution >= 0.6 is 0 Å². The minimum absolute atomic E-state index is 0.0900. The zero-order valence-corrected chi connectivity index (χ0v) is 19.8. The van der Waals surface area contributed by atoms with Crippen LogP contribution in [0.25, 0.3) is 0 Å². The number of hydrogen-bond acceptors (Lipinski definition) is 3. The summed E-state index contributed by atoms with van der Waals surface area (Å²) in [5, 5.41) is 30.4. The van der Waals surface area contributed by atoms with Gasteiger partial charge in [0.15, 0.2) is 0 Å². The Balaban J connectivity index is 1.65. The monoisotopic (exact) mass is 416 g/mol. The molecule has 3 N–H and O–H groups in total. The Hall–Kier alpha value is -0.900. The van der Waals surface area contributed by atoms with Crippen LogP contribution < -0.4 is 0 Å². The molecule has 0 radical (unpaired) electrons. The minimum Gasteiger partial charge on any atom is -0.392 e. The largest absolute Gasteiger partial charge is 0.392 e. The molecular weight excluding hydrogens is 372 g/mol. The van der Waals surface area contributed by atoms with Crippen molar-refractivity contribution in [2.75, 3.05) is 0 Å². The molecule has 0 saturated heterocycles. The van der Waals surface area contributed by atoms with Crippen LogP contribution in [0.1, 0.15) is 86.0 Å². The summed E-state index contributed by atoms with van der Waals surface area (Å²) in [7, 11) is 0. The Morgan fingerprint density at radius 3 is 2.63 bits per heavy atom. The lowest BCUT2D eigenvalue weighted by Crippen LogP contribution is -2.35. The molecule has 0 bridgehead atoms. The summed E-state index contributed by atoms with van der Waals surface area (Å²) in [5.74, 6) is 1.97. The number of hydrogen-bond donors (Lipinski definition) is 3. The molecule has 0 aromatic rings. The number of fused-ring (bicyclic) bond motifs is 1. The van der Waals surface area contributed by atoms with Gasteiger partial charge in [0.25, 0.3) is 0 Å². The van der Waals surface area contributed by atoms with Crippen LogP contribution in [0.15, 0.2) is 35.5 Å². The first-order valence-corrected chi connectivity index (χ1v) is 12.2. The van der Waals surface area contributed by atoms with Gasteiger partial charge >= 0.3 is 0 Å². The van der Waals surface area contributed by atoms with E-state index in [-0.39, 0.29) is 5.92 Å². The molecule has 0 aliphatic heterocycles. The van der Waals surface area contributed by atoms with E-state index in [1.807, 2.05) is 26.8 Å². The van der Waals surface area contributed by atoms with Crippen LogP contribution in [0.5, 0.6) is 0 Å². The number of allylic oxidation sites excluding steroid dienone is 4. The Kier molecular flexibility index (Phi) is 7.37. The van der Waals surface area contributed by atoms with Crippen LogP contribution in [0, 0.1) is 29.1 Å². The molecule has 170 valence electrons. The summed E-state index contributed by atoms with van der Waals surface area (Å²) in [6.45, 7) is 10.7. The van der Waals surface area contributed by atoms with Gasteiger partial charge in [-0.25, -0.2) is 0 Å². The Bertz CT molecular complexity index is 683. The third-order valence-corrected chi connectivity index (χ3v) is 8.47. The molecule has 30 heavy (non-hydrogen) atoms. The lowest BCUT2D eigenvalue weighted by molar-refractivity contribution is 0.0367. The molecule has 3 aliphatic rings. The van der Waals surface area contributed by atoms with Crippen molar-refractivity contribution in [1.82, 2.24) is 0 Å². The molecule has 0 amide bonds. The highest BCUT2D eigenvalue weighted by atomic mass is 16.3. The van der Waals surface area contributed by atoms with Crippen molar-refractivity contribution < 1.29 is 15.3 Å². The fraction of sp³-hybridized carbons (Fsp3) is 0.778. The molecule has 0 heterocycles. The van der Waals surface area contributed by atoms with E-state index in [1.165, 1.54) is 31.3 Å².